The quantitative estimate of drug-likeness (QED) is 0.452. The van der Waals surface area contributed by atoms with E-state index < -0.39 is 66.1 Å². The van der Waals surface area contributed by atoms with Gasteiger partial charge in [0.2, 0.25) is 0 Å². The molecule has 0 bridgehead atoms. The van der Waals surface area contributed by atoms with Gasteiger partial charge in [-0.05, 0) is 31.2 Å². The molecule has 1 aromatic carbocycles. The van der Waals surface area contributed by atoms with E-state index >= 15 is 0 Å². The van der Waals surface area contributed by atoms with Crippen LogP contribution in [0.1, 0.15) is 25.3 Å². The minimum Gasteiger partial charge on any atom is -0.481 e. The van der Waals surface area contributed by atoms with Gasteiger partial charge in [0.1, 0.15) is 5.75 Å². The molecule has 0 aliphatic rings. The Bertz CT molecular complexity index is 777. The van der Waals surface area contributed by atoms with Crippen LogP contribution in [0.25, 0.3) is 0 Å². The first-order valence-corrected chi connectivity index (χ1v) is 8.77. The van der Waals surface area contributed by atoms with Gasteiger partial charge >= 0.3 is 25.1 Å². The standard InChI is InChI=1S/C17H18F9NO5/c1-8(4-10(7-27)14(28)29)2-3-9-5-11(30-15(18,19)20)6-12(31-16(21,22)23)13(9)32-17(24,25)26/h5-6,8,10H,2-4,7,27H2,1H3,(H,28,29). The van der Waals surface area contributed by atoms with Gasteiger partial charge in [0.15, 0.2) is 11.5 Å². The molecule has 0 amide bonds. The van der Waals surface area contributed by atoms with Crippen LogP contribution < -0.4 is 19.9 Å². The van der Waals surface area contributed by atoms with E-state index in [9.17, 15) is 44.3 Å². The molecule has 0 aliphatic carbocycles. The number of ether oxygens (including phenoxy) is 3. The van der Waals surface area contributed by atoms with Crippen molar-refractivity contribution in [3.05, 3.63) is 17.7 Å². The van der Waals surface area contributed by atoms with Crippen molar-refractivity contribution in [2.24, 2.45) is 17.6 Å². The normalized spacial score (nSPS) is 14.6. The number of halogens is 9. The Hall–Kier alpha value is -2.58. The molecule has 0 aliphatic heterocycles. The summed E-state index contributed by atoms with van der Waals surface area (Å²) in [4.78, 5) is 11.0. The lowest BCUT2D eigenvalue weighted by Gasteiger charge is -2.21. The molecule has 32 heavy (non-hydrogen) atoms. The SMILES string of the molecule is CC(CCc1cc(OC(F)(F)F)cc(OC(F)(F)F)c1OC(F)(F)F)CC(CN)C(=O)O. The van der Waals surface area contributed by atoms with Gasteiger partial charge < -0.3 is 25.1 Å². The predicted octanol–water partition coefficient (Wildman–Crippen LogP) is 5.00. The molecule has 0 radical (unpaired) electrons. The van der Waals surface area contributed by atoms with Crippen LogP contribution in [0.5, 0.6) is 17.2 Å². The van der Waals surface area contributed by atoms with Crippen molar-refractivity contribution >= 4 is 5.97 Å². The van der Waals surface area contributed by atoms with Gasteiger partial charge in [-0.25, -0.2) is 0 Å². The number of carboxylic acid groups (broad SMARTS) is 1. The van der Waals surface area contributed by atoms with Crippen molar-refractivity contribution in [1.82, 2.24) is 0 Å². The summed E-state index contributed by atoms with van der Waals surface area (Å²) in [6, 6.07) is 0.395. The molecular weight excluding hydrogens is 469 g/mol. The molecule has 0 fully saturated rings. The molecule has 15 heteroatoms. The molecule has 6 nitrogen and oxygen atoms in total. The maximum atomic E-state index is 12.8. The number of hydrogen-bond acceptors (Lipinski definition) is 5. The zero-order valence-corrected chi connectivity index (χ0v) is 16.2. The summed E-state index contributed by atoms with van der Waals surface area (Å²) in [5.74, 6) is -7.21. The molecule has 2 atom stereocenters. The second-order valence-corrected chi connectivity index (χ2v) is 6.70. The number of benzene rings is 1. The van der Waals surface area contributed by atoms with Gasteiger partial charge in [0.05, 0.1) is 5.92 Å². The molecular formula is C17H18F9NO5. The van der Waals surface area contributed by atoms with Gasteiger partial charge in [-0.3, -0.25) is 4.79 Å². The van der Waals surface area contributed by atoms with Gasteiger partial charge in [-0.1, -0.05) is 6.92 Å². The molecule has 0 spiro atoms. The smallest absolute Gasteiger partial charge is 0.481 e. The van der Waals surface area contributed by atoms with Crippen LogP contribution in [-0.4, -0.2) is 36.7 Å². The number of aryl methyl sites for hydroxylation is 1. The molecule has 1 aromatic rings. The second-order valence-electron chi connectivity index (χ2n) is 6.70. The Morgan fingerprint density at radius 2 is 1.50 bits per heavy atom. The minimum absolute atomic E-state index is 0.0358. The van der Waals surface area contributed by atoms with Crippen LogP contribution in [0, 0.1) is 11.8 Å². The maximum absolute atomic E-state index is 12.8. The molecule has 3 N–H and O–H groups in total. The molecule has 0 saturated heterocycles. The van der Waals surface area contributed by atoms with E-state index in [1.807, 2.05) is 0 Å². The van der Waals surface area contributed by atoms with E-state index in [0.717, 1.165) is 0 Å². The van der Waals surface area contributed by atoms with Crippen LogP contribution in [0.15, 0.2) is 12.1 Å². The highest BCUT2D eigenvalue weighted by Crippen LogP contribution is 2.43. The summed E-state index contributed by atoms with van der Waals surface area (Å²) < 4.78 is 124. The third kappa shape index (κ3) is 10.2. The van der Waals surface area contributed by atoms with E-state index in [0.29, 0.717) is 6.07 Å². The summed E-state index contributed by atoms with van der Waals surface area (Å²) >= 11 is 0. The number of carbonyl (C=O) groups is 1. The number of rotatable bonds is 10. The average Bonchev–Trinajstić information content (AvgIpc) is 2.56. The lowest BCUT2D eigenvalue weighted by molar-refractivity contribution is -0.288. The summed E-state index contributed by atoms with van der Waals surface area (Å²) in [5, 5.41) is 9.00. The summed E-state index contributed by atoms with van der Waals surface area (Å²) in [6.07, 6.45) is -17.1. The Morgan fingerprint density at radius 1 is 0.969 bits per heavy atom. The van der Waals surface area contributed by atoms with Crippen molar-refractivity contribution < 1.29 is 63.6 Å². The Morgan fingerprint density at radius 3 is 1.94 bits per heavy atom. The van der Waals surface area contributed by atoms with E-state index in [2.05, 4.69) is 14.2 Å². The topological polar surface area (TPSA) is 91.0 Å². The van der Waals surface area contributed by atoms with Gasteiger partial charge in [0, 0.05) is 18.2 Å². The van der Waals surface area contributed by atoms with E-state index in [-0.39, 0.29) is 25.5 Å². The zero-order chi connectivity index (χ0) is 24.9. The summed E-state index contributed by atoms with van der Waals surface area (Å²) in [7, 11) is 0. The summed E-state index contributed by atoms with van der Waals surface area (Å²) in [6.45, 7) is 1.24. The van der Waals surface area contributed by atoms with Crippen LogP contribution in [-0.2, 0) is 11.2 Å². The Balaban J connectivity index is 3.35. The van der Waals surface area contributed by atoms with Crippen LogP contribution in [0.2, 0.25) is 0 Å². The van der Waals surface area contributed by atoms with Crippen molar-refractivity contribution in [3.8, 4) is 17.2 Å². The van der Waals surface area contributed by atoms with Crippen molar-refractivity contribution in [2.75, 3.05) is 6.54 Å². The lowest BCUT2D eigenvalue weighted by Crippen LogP contribution is -2.25. The zero-order valence-electron chi connectivity index (χ0n) is 16.2. The Kier molecular flexibility index (Phi) is 8.89. The number of nitrogens with two attached hydrogens (primary N) is 1. The molecule has 0 aromatic heterocycles. The van der Waals surface area contributed by atoms with Crippen molar-refractivity contribution in [2.45, 2.75) is 45.3 Å². The molecule has 0 saturated carbocycles. The molecule has 2 unspecified atom stereocenters. The monoisotopic (exact) mass is 487 g/mol. The number of carboxylic acids is 1. The van der Waals surface area contributed by atoms with Gasteiger partial charge in [-0.15, -0.1) is 39.5 Å². The van der Waals surface area contributed by atoms with Gasteiger partial charge in [-0.2, -0.15) is 0 Å². The third-order valence-electron chi connectivity index (χ3n) is 4.01. The number of hydrogen-bond donors (Lipinski definition) is 2. The van der Waals surface area contributed by atoms with E-state index in [1.54, 1.807) is 0 Å². The third-order valence-corrected chi connectivity index (χ3v) is 4.01. The van der Waals surface area contributed by atoms with Gasteiger partial charge in [0.25, 0.3) is 0 Å². The molecule has 184 valence electrons. The largest absolute Gasteiger partial charge is 0.573 e. The Labute approximate surface area is 175 Å². The molecule has 1 rings (SSSR count). The average molecular weight is 487 g/mol. The first-order valence-electron chi connectivity index (χ1n) is 8.77. The highest BCUT2D eigenvalue weighted by atomic mass is 19.4. The first-order chi connectivity index (χ1) is 14.4. The fourth-order valence-corrected chi connectivity index (χ4v) is 2.75. The lowest BCUT2D eigenvalue weighted by atomic mass is 9.91. The number of alkyl halides is 9. The van der Waals surface area contributed by atoms with Crippen LogP contribution in [0.3, 0.4) is 0 Å². The highest BCUT2D eigenvalue weighted by molar-refractivity contribution is 5.70. The van der Waals surface area contributed by atoms with Crippen molar-refractivity contribution in [1.29, 1.82) is 0 Å². The summed E-state index contributed by atoms with van der Waals surface area (Å²) in [5.41, 5.74) is 4.58. The van der Waals surface area contributed by atoms with E-state index in [1.165, 1.54) is 6.92 Å². The van der Waals surface area contributed by atoms with E-state index in [4.69, 9.17) is 10.8 Å². The van der Waals surface area contributed by atoms with Crippen LogP contribution >= 0.6 is 0 Å². The minimum atomic E-state index is -5.55. The number of aliphatic carboxylic acids is 1. The fourth-order valence-electron chi connectivity index (χ4n) is 2.75. The van der Waals surface area contributed by atoms with Crippen molar-refractivity contribution in [3.63, 3.8) is 0 Å². The first kappa shape index (κ1) is 27.5. The predicted molar refractivity (Wildman–Crippen MR) is 88.8 cm³/mol. The second kappa shape index (κ2) is 10.4. The fraction of sp³-hybridized carbons (Fsp3) is 0.588. The highest BCUT2D eigenvalue weighted by Gasteiger charge is 2.39. The maximum Gasteiger partial charge on any atom is 0.573 e. The van der Waals surface area contributed by atoms with Crippen LogP contribution in [0.4, 0.5) is 39.5 Å². The molecule has 0 heterocycles.